The maximum absolute atomic E-state index is 6.05. The molecule has 0 saturated carbocycles. The molecule has 0 bridgehead atoms. The highest BCUT2D eigenvalue weighted by molar-refractivity contribution is 6.31. The Hall–Kier alpha value is -3.39. The van der Waals surface area contributed by atoms with Gasteiger partial charge in [0.2, 0.25) is 0 Å². The first-order chi connectivity index (χ1) is 14.8. The summed E-state index contributed by atoms with van der Waals surface area (Å²) in [5, 5.41) is 5.25. The number of hydrogen-bond donors (Lipinski definition) is 1. The Morgan fingerprint density at radius 3 is 2.73 bits per heavy atom. The average molecular weight is 412 g/mol. The third-order valence-corrected chi connectivity index (χ3v) is 4.97. The molecule has 30 heavy (non-hydrogen) atoms. The van der Waals surface area contributed by atoms with Crippen LogP contribution < -0.4 is 5.32 Å². The molecule has 3 nitrogen and oxygen atoms in total. The van der Waals surface area contributed by atoms with Gasteiger partial charge in [0.25, 0.3) is 0 Å². The molecule has 0 unspecified atom stereocenters. The lowest BCUT2D eigenvalue weighted by Gasteiger charge is -2.08. The van der Waals surface area contributed by atoms with Crippen LogP contribution in [0.1, 0.15) is 17.5 Å². The molecule has 0 atom stereocenters. The van der Waals surface area contributed by atoms with Crippen LogP contribution in [0.25, 0.3) is 17.0 Å². The number of fused-ring (bicyclic) bond motifs is 1. The number of aliphatic imine (C=N–C) groups is 1. The molecule has 0 amide bonds. The van der Waals surface area contributed by atoms with E-state index in [1.54, 1.807) is 6.20 Å². The van der Waals surface area contributed by atoms with Gasteiger partial charge < -0.3 is 5.32 Å². The molecule has 0 radical (unpaired) electrons. The average Bonchev–Trinajstić information content (AvgIpc) is 3.29. The third-order valence-electron chi connectivity index (χ3n) is 4.74. The van der Waals surface area contributed by atoms with Crippen LogP contribution in [-0.4, -0.2) is 24.3 Å². The summed E-state index contributed by atoms with van der Waals surface area (Å²) >= 11 is 6.05. The van der Waals surface area contributed by atoms with E-state index >= 15 is 0 Å². The van der Waals surface area contributed by atoms with E-state index < -0.39 is 0 Å². The SMILES string of the molecule is Clc1ccc2c(NCCCN=Cc3ccc(/C=C/C4=C=CC=C4)cc3)ccnc2c1. The van der Waals surface area contributed by atoms with Gasteiger partial charge >= 0.3 is 0 Å². The first-order valence-electron chi connectivity index (χ1n) is 9.97. The first kappa shape index (κ1) is 19.9. The van der Waals surface area contributed by atoms with Crippen LogP contribution in [0.3, 0.4) is 0 Å². The van der Waals surface area contributed by atoms with Crippen molar-refractivity contribution in [1.29, 1.82) is 0 Å². The fraction of sp³-hybridized carbons (Fsp3) is 0.115. The van der Waals surface area contributed by atoms with E-state index in [9.17, 15) is 0 Å². The van der Waals surface area contributed by atoms with Crippen LogP contribution in [0.4, 0.5) is 5.69 Å². The molecule has 0 spiro atoms. The van der Waals surface area contributed by atoms with Gasteiger partial charge in [-0.25, -0.2) is 0 Å². The van der Waals surface area contributed by atoms with Crippen molar-refractivity contribution in [3.8, 4) is 0 Å². The van der Waals surface area contributed by atoms with Gasteiger partial charge in [-0.2, -0.15) is 0 Å². The Kier molecular flexibility index (Phi) is 6.56. The van der Waals surface area contributed by atoms with Crippen LogP contribution >= 0.6 is 11.6 Å². The van der Waals surface area contributed by atoms with Crippen molar-refractivity contribution in [1.82, 2.24) is 4.98 Å². The van der Waals surface area contributed by atoms with Crippen LogP contribution in [0, 0.1) is 0 Å². The monoisotopic (exact) mass is 411 g/mol. The Labute approximate surface area is 181 Å². The van der Waals surface area contributed by atoms with E-state index in [1.165, 1.54) is 0 Å². The predicted molar refractivity (Wildman–Crippen MR) is 129 cm³/mol. The largest absolute Gasteiger partial charge is 0.384 e. The van der Waals surface area contributed by atoms with Crippen LogP contribution in [0.5, 0.6) is 0 Å². The Balaban J connectivity index is 1.24. The summed E-state index contributed by atoms with van der Waals surface area (Å²) in [6, 6.07) is 16.1. The van der Waals surface area contributed by atoms with Crippen molar-refractivity contribution in [3.05, 3.63) is 106 Å². The minimum Gasteiger partial charge on any atom is -0.384 e. The number of rotatable bonds is 8. The van der Waals surface area contributed by atoms with Crippen molar-refractivity contribution in [2.45, 2.75) is 6.42 Å². The molecule has 148 valence electrons. The zero-order chi connectivity index (χ0) is 20.6. The standard InChI is InChI=1S/C26H22ClN3/c27-23-12-13-24-25(14-17-30-26(24)18-23)29-16-3-15-28-19-22-10-8-21(9-11-22)7-6-20-4-1-2-5-20/h1-2,4,6-14,17-19H,3,15-16H2,(H,29,30)/b7-6+,28-19?. The number of benzene rings is 2. The molecule has 0 fully saturated rings. The summed E-state index contributed by atoms with van der Waals surface area (Å²) in [5.41, 5.74) is 8.50. The van der Waals surface area contributed by atoms with Crippen molar-refractivity contribution in [2.24, 2.45) is 4.99 Å². The van der Waals surface area contributed by atoms with E-state index in [-0.39, 0.29) is 0 Å². The molecule has 4 rings (SSSR count). The zero-order valence-corrected chi connectivity index (χ0v) is 17.3. The Morgan fingerprint density at radius 1 is 1.03 bits per heavy atom. The molecule has 3 aromatic rings. The zero-order valence-electron chi connectivity index (χ0n) is 16.6. The first-order valence-corrected chi connectivity index (χ1v) is 10.4. The molecule has 1 heterocycles. The Bertz CT molecular complexity index is 1180. The maximum Gasteiger partial charge on any atom is 0.0737 e. The number of hydrogen-bond acceptors (Lipinski definition) is 3. The summed E-state index contributed by atoms with van der Waals surface area (Å²) in [4.78, 5) is 8.92. The molecular formula is C26H22ClN3. The molecule has 4 heteroatoms. The second-order valence-corrected chi connectivity index (χ2v) is 7.40. The highest BCUT2D eigenvalue weighted by Crippen LogP contribution is 2.24. The molecule has 1 aliphatic carbocycles. The number of pyridine rings is 1. The van der Waals surface area contributed by atoms with Gasteiger partial charge in [-0.1, -0.05) is 48.0 Å². The van der Waals surface area contributed by atoms with Gasteiger partial charge in [0.15, 0.2) is 0 Å². The predicted octanol–water partition coefficient (Wildman–Crippen LogP) is 6.47. The summed E-state index contributed by atoms with van der Waals surface area (Å²) < 4.78 is 0. The summed E-state index contributed by atoms with van der Waals surface area (Å²) in [5.74, 6) is 0. The van der Waals surface area contributed by atoms with Gasteiger partial charge in [0.05, 0.1) is 5.52 Å². The number of aromatic nitrogens is 1. The van der Waals surface area contributed by atoms with Crippen LogP contribution in [0.2, 0.25) is 5.02 Å². The van der Waals surface area contributed by atoms with Crippen LogP contribution in [-0.2, 0) is 0 Å². The number of nitrogens with zero attached hydrogens (tertiary/aromatic N) is 2. The lowest BCUT2D eigenvalue weighted by atomic mass is 10.1. The van der Waals surface area contributed by atoms with Crippen molar-refractivity contribution in [2.75, 3.05) is 18.4 Å². The Morgan fingerprint density at radius 2 is 1.90 bits per heavy atom. The smallest absolute Gasteiger partial charge is 0.0737 e. The fourth-order valence-electron chi connectivity index (χ4n) is 3.17. The van der Waals surface area contributed by atoms with E-state index in [2.05, 4.69) is 57.4 Å². The van der Waals surface area contributed by atoms with E-state index in [0.717, 1.165) is 52.8 Å². The van der Waals surface area contributed by atoms with Gasteiger partial charge in [-0.3, -0.25) is 9.98 Å². The number of nitrogens with one attached hydrogen (secondary N) is 1. The second-order valence-electron chi connectivity index (χ2n) is 6.96. The minimum atomic E-state index is 0.700. The number of anilines is 1. The summed E-state index contributed by atoms with van der Waals surface area (Å²) in [6.45, 7) is 1.62. The lowest BCUT2D eigenvalue weighted by Crippen LogP contribution is -2.03. The number of allylic oxidation sites excluding steroid dienone is 4. The fourth-order valence-corrected chi connectivity index (χ4v) is 3.33. The minimum absolute atomic E-state index is 0.700. The van der Waals surface area contributed by atoms with Gasteiger partial charge in [-0.05, 0) is 60.0 Å². The third kappa shape index (κ3) is 5.36. The molecular weight excluding hydrogens is 390 g/mol. The van der Waals surface area contributed by atoms with Gasteiger partial charge in [0, 0.05) is 47.2 Å². The molecule has 1 aliphatic rings. The summed E-state index contributed by atoms with van der Waals surface area (Å²) in [6.07, 6.45) is 14.8. The van der Waals surface area contributed by atoms with E-state index in [0.29, 0.717) is 5.02 Å². The molecule has 1 aromatic heterocycles. The van der Waals surface area contributed by atoms with E-state index in [1.807, 2.05) is 48.7 Å². The van der Waals surface area contributed by atoms with Crippen molar-refractivity contribution < 1.29 is 0 Å². The molecule has 1 N–H and O–H groups in total. The molecule has 0 aliphatic heterocycles. The van der Waals surface area contributed by atoms with Crippen molar-refractivity contribution in [3.63, 3.8) is 0 Å². The highest BCUT2D eigenvalue weighted by Gasteiger charge is 2.02. The maximum atomic E-state index is 6.05. The lowest BCUT2D eigenvalue weighted by molar-refractivity contribution is 0.879. The van der Waals surface area contributed by atoms with Crippen molar-refractivity contribution >= 4 is 40.5 Å². The molecule has 0 saturated heterocycles. The van der Waals surface area contributed by atoms with Gasteiger partial charge in [0.1, 0.15) is 0 Å². The number of halogens is 1. The molecule has 2 aromatic carbocycles. The topological polar surface area (TPSA) is 37.3 Å². The van der Waals surface area contributed by atoms with Crippen LogP contribution in [0.15, 0.2) is 95.3 Å². The highest BCUT2D eigenvalue weighted by atomic mass is 35.5. The van der Waals surface area contributed by atoms with Gasteiger partial charge in [-0.15, -0.1) is 5.73 Å². The summed E-state index contributed by atoms with van der Waals surface area (Å²) in [7, 11) is 0. The quantitative estimate of drug-likeness (QED) is 0.262. The normalized spacial score (nSPS) is 13.0. The van der Waals surface area contributed by atoms with E-state index in [4.69, 9.17) is 11.6 Å². The second kappa shape index (κ2) is 9.89.